The van der Waals surface area contributed by atoms with Crippen LogP contribution in [0.25, 0.3) is 5.69 Å². The van der Waals surface area contributed by atoms with E-state index in [4.69, 9.17) is 0 Å². The van der Waals surface area contributed by atoms with Crippen molar-refractivity contribution in [2.75, 3.05) is 13.1 Å². The Morgan fingerprint density at radius 2 is 2.07 bits per heavy atom. The number of amides is 1. The van der Waals surface area contributed by atoms with Crippen molar-refractivity contribution in [2.45, 2.75) is 52.1 Å². The number of rotatable bonds is 7. The first kappa shape index (κ1) is 20.2. The van der Waals surface area contributed by atoms with Gasteiger partial charge < -0.3 is 5.32 Å². The molecular weight excluding hydrogens is 354 g/mol. The molecule has 7 heteroatoms. The molecule has 0 saturated carbocycles. The molecule has 150 valence electrons. The summed E-state index contributed by atoms with van der Waals surface area (Å²) in [7, 11) is 0. The molecule has 2 heterocycles. The van der Waals surface area contributed by atoms with Crippen LogP contribution >= 0.6 is 0 Å². The van der Waals surface area contributed by atoms with Gasteiger partial charge in [0, 0.05) is 13.0 Å². The number of hydrogen-bond acceptors (Lipinski definition) is 5. The summed E-state index contributed by atoms with van der Waals surface area (Å²) in [6.07, 6.45) is 4.63. The summed E-state index contributed by atoms with van der Waals surface area (Å²) in [5.41, 5.74) is 1.89. The molecule has 1 aromatic carbocycles. The summed E-state index contributed by atoms with van der Waals surface area (Å²) in [5.74, 6) is 0.537. The number of benzene rings is 1. The van der Waals surface area contributed by atoms with E-state index in [1.165, 1.54) is 0 Å². The lowest BCUT2D eigenvalue weighted by Crippen LogP contribution is -2.43. The zero-order chi connectivity index (χ0) is 19.9. The molecule has 0 aliphatic carbocycles. The van der Waals surface area contributed by atoms with Crippen LogP contribution < -0.4 is 5.32 Å². The van der Waals surface area contributed by atoms with Gasteiger partial charge in [0.2, 0.25) is 5.91 Å². The van der Waals surface area contributed by atoms with E-state index in [0.717, 1.165) is 30.8 Å². The molecule has 0 unspecified atom stereocenters. The normalized spacial score (nSPS) is 18.2. The molecule has 28 heavy (non-hydrogen) atoms. The van der Waals surface area contributed by atoms with Crippen molar-refractivity contribution < 1.29 is 9.59 Å². The van der Waals surface area contributed by atoms with Crippen LogP contribution in [0.5, 0.6) is 0 Å². The van der Waals surface area contributed by atoms with Crippen molar-refractivity contribution in [1.82, 2.24) is 25.2 Å². The van der Waals surface area contributed by atoms with E-state index in [1.807, 2.05) is 30.3 Å². The highest BCUT2D eigenvalue weighted by Gasteiger charge is 2.26. The molecule has 0 spiro atoms. The molecule has 1 amide bonds. The number of hydrogen-bond donors (Lipinski definition) is 1. The molecule has 2 aromatic rings. The maximum atomic E-state index is 12.7. The Morgan fingerprint density at radius 1 is 1.29 bits per heavy atom. The molecule has 0 bridgehead atoms. The number of nitrogens with zero attached hydrogens (tertiary/aromatic N) is 4. The van der Waals surface area contributed by atoms with Crippen LogP contribution in [0, 0.1) is 5.92 Å². The van der Waals surface area contributed by atoms with Crippen molar-refractivity contribution in [3.05, 3.63) is 42.2 Å². The minimum absolute atomic E-state index is 0.0214. The lowest BCUT2D eigenvalue weighted by Gasteiger charge is -2.20. The minimum atomic E-state index is -0.373. The quantitative estimate of drug-likeness (QED) is 0.794. The van der Waals surface area contributed by atoms with Crippen LogP contribution in [0.15, 0.2) is 36.5 Å². The lowest BCUT2D eigenvalue weighted by molar-refractivity contribution is -0.128. The van der Waals surface area contributed by atoms with Crippen molar-refractivity contribution in [2.24, 2.45) is 5.92 Å². The highest BCUT2D eigenvalue weighted by atomic mass is 16.2. The van der Waals surface area contributed by atoms with Gasteiger partial charge in [0.15, 0.2) is 5.78 Å². The van der Waals surface area contributed by atoms with E-state index >= 15 is 0 Å². The number of aromatic nitrogens is 3. The van der Waals surface area contributed by atoms with Crippen molar-refractivity contribution in [1.29, 1.82) is 0 Å². The SMILES string of the molecule is CC(C)CCC(=O)N[C@H]1CCCN(Cc2cnnn2-c2ccccc2)CC1=O. The van der Waals surface area contributed by atoms with Crippen LogP contribution in [0.2, 0.25) is 0 Å². The molecule has 3 rings (SSSR count). The van der Waals surface area contributed by atoms with Crippen molar-refractivity contribution in [3.63, 3.8) is 0 Å². The smallest absolute Gasteiger partial charge is 0.220 e. The van der Waals surface area contributed by atoms with Gasteiger partial charge in [-0.2, -0.15) is 0 Å². The Kier molecular flexibility index (Phi) is 6.92. The zero-order valence-corrected chi connectivity index (χ0v) is 16.7. The molecule has 1 atom stereocenters. The molecule has 1 aliphatic rings. The summed E-state index contributed by atoms with van der Waals surface area (Å²) >= 11 is 0. The fraction of sp³-hybridized carbons (Fsp3) is 0.524. The third-order valence-electron chi connectivity index (χ3n) is 5.03. The van der Waals surface area contributed by atoms with E-state index < -0.39 is 0 Å². The van der Waals surface area contributed by atoms with Gasteiger partial charge in [0.25, 0.3) is 0 Å². The Balaban J connectivity index is 1.59. The minimum Gasteiger partial charge on any atom is -0.346 e. The molecule has 0 radical (unpaired) electrons. The van der Waals surface area contributed by atoms with E-state index in [-0.39, 0.29) is 17.7 Å². The van der Waals surface area contributed by atoms with Crippen LogP contribution in [-0.2, 0) is 16.1 Å². The molecule has 1 aromatic heterocycles. The van der Waals surface area contributed by atoms with E-state index in [9.17, 15) is 9.59 Å². The van der Waals surface area contributed by atoms with Gasteiger partial charge >= 0.3 is 0 Å². The summed E-state index contributed by atoms with van der Waals surface area (Å²) in [5, 5.41) is 11.2. The van der Waals surface area contributed by atoms with Gasteiger partial charge in [-0.3, -0.25) is 14.5 Å². The number of para-hydroxylation sites is 1. The second kappa shape index (κ2) is 9.59. The molecule has 1 fully saturated rings. The first-order valence-corrected chi connectivity index (χ1v) is 10.0. The van der Waals surface area contributed by atoms with Gasteiger partial charge in [-0.25, -0.2) is 4.68 Å². The van der Waals surface area contributed by atoms with Crippen LogP contribution in [0.3, 0.4) is 0 Å². The summed E-state index contributed by atoms with van der Waals surface area (Å²) in [6, 6.07) is 9.47. The Labute approximate surface area is 166 Å². The second-order valence-corrected chi connectivity index (χ2v) is 7.84. The second-order valence-electron chi connectivity index (χ2n) is 7.84. The number of carbonyl (C=O) groups excluding carboxylic acids is 2. The predicted octanol–water partition coefficient (Wildman–Crippen LogP) is 2.35. The average Bonchev–Trinajstić information content (AvgIpc) is 3.06. The maximum Gasteiger partial charge on any atom is 0.220 e. The number of nitrogens with one attached hydrogen (secondary N) is 1. The van der Waals surface area contributed by atoms with Gasteiger partial charge in [-0.15, -0.1) is 5.10 Å². The number of ketones is 1. The van der Waals surface area contributed by atoms with Crippen LogP contribution in [0.4, 0.5) is 0 Å². The standard InChI is InChI=1S/C21H29N5O2/c1-16(2)10-11-21(28)23-19-9-6-12-25(15-20(19)27)14-18-13-22-24-26(18)17-7-4-3-5-8-17/h3-5,7-8,13,16,19H,6,9-12,14-15H2,1-2H3,(H,23,28)/t19-/m0/s1. The number of carbonyl (C=O) groups is 2. The average molecular weight is 383 g/mol. The van der Waals surface area contributed by atoms with Gasteiger partial charge in [-0.05, 0) is 43.9 Å². The first-order valence-electron chi connectivity index (χ1n) is 10.0. The van der Waals surface area contributed by atoms with E-state index in [1.54, 1.807) is 10.9 Å². The Hall–Kier alpha value is -2.54. The summed E-state index contributed by atoms with van der Waals surface area (Å²) in [6.45, 7) is 5.93. The van der Waals surface area contributed by atoms with Crippen LogP contribution in [0.1, 0.15) is 45.2 Å². The maximum absolute atomic E-state index is 12.7. The Morgan fingerprint density at radius 3 is 2.82 bits per heavy atom. The molecule has 1 N–H and O–H groups in total. The lowest BCUT2D eigenvalue weighted by atomic mass is 10.1. The van der Waals surface area contributed by atoms with Crippen molar-refractivity contribution in [3.8, 4) is 5.69 Å². The molecule has 1 aliphatic heterocycles. The van der Waals surface area contributed by atoms with E-state index in [0.29, 0.717) is 31.8 Å². The zero-order valence-electron chi connectivity index (χ0n) is 16.7. The predicted molar refractivity (Wildman–Crippen MR) is 107 cm³/mol. The number of Topliss-reactive ketones (excluding diaryl/α,β-unsaturated/α-hetero) is 1. The molecular formula is C21H29N5O2. The van der Waals surface area contributed by atoms with Gasteiger partial charge in [0.1, 0.15) is 0 Å². The highest BCUT2D eigenvalue weighted by Crippen LogP contribution is 2.15. The van der Waals surface area contributed by atoms with Crippen molar-refractivity contribution >= 4 is 11.7 Å². The monoisotopic (exact) mass is 383 g/mol. The van der Waals surface area contributed by atoms with E-state index in [2.05, 4.69) is 34.4 Å². The third kappa shape index (κ3) is 5.48. The summed E-state index contributed by atoms with van der Waals surface area (Å²) < 4.78 is 1.81. The van der Waals surface area contributed by atoms with Gasteiger partial charge in [0.05, 0.1) is 30.2 Å². The van der Waals surface area contributed by atoms with Crippen LogP contribution in [-0.4, -0.2) is 50.7 Å². The first-order chi connectivity index (χ1) is 13.5. The fourth-order valence-electron chi connectivity index (χ4n) is 3.44. The fourth-order valence-corrected chi connectivity index (χ4v) is 3.44. The summed E-state index contributed by atoms with van der Waals surface area (Å²) in [4.78, 5) is 26.9. The highest BCUT2D eigenvalue weighted by molar-refractivity contribution is 5.90. The topological polar surface area (TPSA) is 80.1 Å². The Bertz CT molecular complexity index is 787. The largest absolute Gasteiger partial charge is 0.346 e. The molecule has 7 nitrogen and oxygen atoms in total. The third-order valence-corrected chi connectivity index (χ3v) is 5.03. The van der Waals surface area contributed by atoms with Gasteiger partial charge in [-0.1, -0.05) is 37.3 Å². The number of likely N-dealkylation sites (tertiary alicyclic amines) is 1. The molecule has 1 saturated heterocycles.